The summed E-state index contributed by atoms with van der Waals surface area (Å²) in [4.78, 5) is 29.8. The topological polar surface area (TPSA) is 72.7 Å². The lowest BCUT2D eigenvalue weighted by atomic mass is 10.3. The van der Waals surface area contributed by atoms with E-state index >= 15 is 0 Å². The van der Waals surface area contributed by atoms with Crippen LogP contribution in [-0.4, -0.2) is 15.3 Å². The number of ether oxygens (including phenoxy) is 1. The summed E-state index contributed by atoms with van der Waals surface area (Å²) in [6.07, 6.45) is 2.16. The van der Waals surface area contributed by atoms with Gasteiger partial charge in [0.05, 0.1) is 11.4 Å². The van der Waals surface area contributed by atoms with Gasteiger partial charge in [-0.2, -0.15) is 0 Å². The van der Waals surface area contributed by atoms with Crippen LogP contribution < -0.4 is 15.6 Å². The Morgan fingerprint density at radius 3 is 2.96 bits per heavy atom. The second kappa shape index (κ2) is 6.84. The zero-order valence-corrected chi connectivity index (χ0v) is 14.2. The van der Waals surface area contributed by atoms with Crippen molar-refractivity contribution in [1.82, 2.24) is 9.38 Å². The van der Waals surface area contributed by atoms with Gasteiger partial charge in [0.25, 0.3) is 5.56 Å². The number of anilines is 1. The second-order valence-electron chi connectivity index (χ2n) is 5.27. The zero-order valence-electron chi connectivity index (χ0n) is 13.4. The minimum Gasteiger partial charge on any atom is -0.485 e. The van der Waals surface area contributed by atoms with Crippen molar-refractivity contribution in [3.05, 3.63) is 57.5 Å². The normalized spacial score (nSPS) is 10.8. The van der Waals surface area contributed by atoms with Crippen molar-refractivity contribution in [2.24, 2.45) is 0 Å². The van der Waals surface area contributed by atoms with Gasteiger partial charge in [-0.3, -0.25) is 14.0 Å². The molecule has 2 heterocycles. The van der Waals surface area contributed by atoms with E-state index in [0.717, 1.165) is 4.88 Å². The molecule has 0 bridgehead atoms. The van der Waals surface area contributed by atoms with Gasteiger partial charge < -0.3 is 10.1 Å². The highest BCUT2D eigenvalue weighted by Gasteiger charge is 2.09. The molecule has 6 nitrogen and oxygen atoms in total. The zero-order chi connectivity index (χ0) is 17.1. The molecular weight excluding hydrogens is 326 g/mol. The number of hydrogen-bond donors (Lipinski definition) is 1. The minimum atomic E-state index is -0.129. The number of para-hydroxylation sites is 2. The number of rotatable bonds is 5. The number of fused-ring (bicyclic) bond motifs is 1. The van der Waals surface area contributed by atoms with Crippen molar-refractivity contribution in [2.75, 3.05) is 5.32 Å². The van der Waals surface area contributed by atoms with Gasteiger partial charge >= 0.3 is 0 Å². The highest BCUT2D eigenvalue weighted by molar-refractivity contribution is 7.16. The summed E-state index contributed by atoms with van der Waals surface area (Å²) in [6, 6.07) is 8.66. The van der Waals surface area contributed by atoms with Crippen molar-refractivity contribution in [2.45, 2.75) is 26.9 Å². The Hall–Kier alpha value is -2.67. The fourth-order valence-electron chi connectivity index (χ4n) is 2.22. The monoisotopic (exact) mass is 343 g/mol. The van der Waals surface area contributed by atoms with E-state index in [2.05, 4.69) is 10.3 Å². The number of thiazole rings is 1. The van der Waals surface area contributed by atoms with E-state index in [1.54, 1.807) is 25.3 Å². The maximum absolute atomic E-state index is 12.1. The van der Waals surface area contributed by atoms with Gasteiger partial charge in [0.2, 0.25) is 5.91 Å². The molecule has 124 valence electrons. The largest absolute Gasteiger partial charge is 0.485 e. The minimum absolute atomic E-state index is 0.0853. The third-order valence-electron chi connectivity index (χ3n) is 3.39. The summed E-state index contributed by atoms with van der Waals surface area (Å²) >= 11 is 1.46. The second-order valence-corrected chi connectivity index (χ2v) is 6.48. The number of carbonyl (C=O) groups is 1. The first-order valence-electron chi connectivity index (χ1n) is 7.57. The molecule has 2 aromatic heterocycles. The molecule has 3 rings (SSSR count). The van der Waals surface area contributed by atoms with Gasteiger partial charge in [-0.05, 0) is 19.1 Å². The van der Waals surface area contributed by atoms with Gasteiger partial charge in [-0.15, -0.1) is 11.3 Å². The summed E-state index contributed by atoms with van der Waals surface area (Å²) in [5.41, 5.74) is 1.03. The molecule has 0 saturated carbocycles. The van der Waals surface area contributed by atoms with Crippen LogP contribution in [0, 0.1) is 6.92 Å². The van der Waals surface area contributed by atoms with E-state index in [9.17, 15) is 9.59 Å². The fourth-order valence-corrected chi connectivity index (χ4v) is 3.07. The molecule has 0 radical (unpaired) electrons. The Morgan fingerprint density at radius 2 is 2.17 bits per heavy atom. The Balaban J connectivity index is 1.81. The standard InChI is InChI=1S/C17H17N3O3S/c1-3-15(21)19-13-6-4-5-7-14(13)23-10-12-8-16(22)20-9-11(2)24-17(20)18-12/h4-9H,3,10H2,1-2H3,(H,19,21). The first kappa shape index (κ1) is 16.2. The average Bonchev–Trinajstić information content (AvgIpc) is 2.95. The van der Waals surface area contributed by atoms with Crippen LogP contribution in [0.15, 0.2) is 41.3 Å². The Labute approximate surface area is 142 Å². The number of aryl methyl sites for hydroxylation is 1. The lowest BCUT2D eigenvalue weighted by Gasteiger charge is -2.11. The number of benzene rings is 1. The van der Waals surface area contributed by atoms with E-state index in [1.807, 2.05) is 19.1 Å². The molecule has 3 aromatic rings. The molecule has 7 heteroatoms. The van der Waals surface area contributed by atoms with Crippen molar-refractivity contribution in [3.8, 4) is 5.75 Å². The maximum atomic E-state index is 12.1. The molecule has 0 fully saturated rings. The van der Waals surface area contributed by atoms with E-state index in [0.29, 0.717) is 28.5 Å². The molecule has 1 aromatic carbocycles. The Morgan fingerprint density at radius 1 is 1.38 bits per heavy atom. The third kappa shape index (κ3) is 3.46. The summed E-state index contributed by atoms with van der Waals surface area (Å²) < 4.78 is 7.29. The van der Waals surface area contributed by atoms with E-state index < -0.39 is 0 Å². The van der Waals surface area contributed by atoms with Crippen molar-refractivity contribution < 1.29 is 9.53 Å². The predicted molar refractivity (Wildman–Crippen MR) is 93.8 cm³/mol. The number of nitrogens with one attached hydrogen (secondary N) is 1. The molecule has 0 saturated heterocycles. The molecule has 24 heavy (non-hydrogen) atoms. The van der Waals surface area contributed by atoms with Gasteiger partial charge in [-0.25, -0.2) is 4.98 Å². The van der Waals surface area contributed by atoms with Crippen LogP contribution in [0.5, 0.6) is 5.75 Å². The Bertz CT molecular complexity index is 946. The first-order chi connectivity index (χ1) is 11.6. The summed E-state index contributed by atoms with van der Waals surface area (Å²) in [6.45, 7) is 3.87. The van der Waals surface area contributed by atoms with Crippen molar-refractivity contribution >= 4 is 27.9 Å². The number of nitrogens with zero attached hydrogens (tertiary/aromatic N) is 2. The number of carbonyl (C=O) groups excluding carboxylic acids is 1. The van der Waals surface area contributed by atoms with Crippen LogP contribution in [0.4, 0.5) is 5.69 Å². The molecule has 1 N–H and O–H groups in total. The smallest absolute Gasteiger partial charge is 0.258 e. The van der Waals surface area contributed by atoms with E-state index in [1.165, 1.54) is 21.8 Å². The van der Waals surface area contributed by atoms with Crippen molar-refractivity contribution in [3.63, 3.8) is 0 Å². The van der Waals surface area contributed by atoms with E-state index in [-0.39, 0.29) is 18.1 Å². The molecule has 0 spiro atoms. The van der Waals surface area contributed by atoms with Crippen LogP contribution in [-0.2, 0) is 11.4 Å². The van der Waals surface area contributed by atoms with Gasteiger partial charge in [-0.1, -0.05) is 19.1 Å². The molecule has 0 aliphatic carbocycles. The number of amides is 1. The molecule has 1 amide bonds. The van der Waals surface area contributed by atoms with E-state index in [4.69, 9.17) is 4.74 Å². The fraction of sp³-hybridized carbons (Fsp3) is 0.235. The summed E-state index contributed by atoms with van der Waals surface area (Å²) in [5, 5.41) is 2.79. The van der Waals surface area contributed by atoms with Crippen LogP contribution >= 0.6 is 11.3 Å². The molecule has 0 unspecified atom stereocenters. The summed E-state index contributed by atoms with van der Waals surface area (Å²) in [7, 11) is 0. The lowest BCUT2D eigenvalue weighted by Crippen LogP contribution is -2.15. The van der Waals surface area contributed by atoms with Crippen LogP contribution in [0.1, 0.15) is 23.9 Å². The molecule has 0 aliphatic rings. The lowest BCUT2D eigenvalue weighted by molar-refractivity contribution is -0.115. The maximum Gasteiger partial charge on any atom is 0.258 e. The van der Waals surface area contributed by atoms with Gasteiger partial charge in [0.15, 0.2) is 4.96 Å². The SMILES string of the molecule is CCC(=O)Nc1ccccc1OCc1cc(=O)n2cc(C)sc2n1. The molecule has 0 atom stereocenters. The van der Waals surface area contributed by atoms with Crippen molar-refractivity contribution in [1.29, 1.82) is 0 Å². The predicted octanol–water partition coefficient (Wildman–Crippen LogP) is 2.99. The highest BCUT2D eigenvalue weighted by Crippen LogP contribution is 2.24. The summed E-state index contributed by atoms with van der Waals surface area (Å²) in [5.74, 6) is 0.460. The molecule has 0 aliphatic heterocycles. The number of hydrogen-bond acceptors (Lipinski definition) is 5. The number of aromatic nitrogens is 2. The van der Waals surface area contributed by atoms with Gasteiger partial charge in [0, 0.05) is 23.6 Å². The molecular formula is C17H17N3O3S. The van der Waals surface area contributed by atoms with Gasteiger partial charge in [0.1, 0.15) is 12.4 Å². The quantitative estimate of drug-likeness (QED) is 0.773. The van der Waals surface area contributed by atoms with Crippen LogP contribution in [0.25, 0.3) is 4.96 Å². The Kier molecular flexibility index (Phi) is 4.61. The highest BCUT2D eigenvalue weighted by atomic mass is 32.1. The van der Waals surface area contributed by atoms with Crippen LogP contribution in [0.2, 0.25) is 0 Å². The first-order valence-corrected chi connectivity index (χ1v) is 8.39. The third-order valence-corrected chi connectivity index (χ3v) is 4.29. The van der Waals surface area contributed by atoms with Crippen LogP contribution in [0.3, 0.4) is 0 Å². The average molecular weight is 343 g/mol.